The third-order valence-corrected chi connectivity index (χ3v) is 5.39. The number of nitrogens with one attached hydrogen (secondary N) is 1. The molecule has 148 valence electrons. The quantitative estimate of drug-likeness (QED) is 0.532. The van der Waals surface area contributed by atoms with Crippen LogP contribution < -0.4 is 5.32 Å². The van der Waals surface area contributed by atoms with E-state index in [1.807, 2.05) is 38.3 Å². The molecule has 3 heterocycles. The summed E-state index contributed by atoms with van der Waals surface area (Å²) < 4.78 is 16.9. The van der Waals surface area contributed by atoms with Gasteiger partial charge in [0.25, 0.3) is 0 Å². The van der Waals surface area contributed by atoms with E-state index in [2.05, 4.69) is 20.0 Å². The van der Waals surface area contributed by atoms with Crippen molar-refractivity contribution in [3.8, 4) is 10.8 Å². The number of thiazole rings is 1. The van der Waals surface area contributed by atoms with Crippen molar-refractivity contribution in [2.24, 2.45) is 0 Å². The molecule has 0 fully saturated rings. The summed E-state index contributed by atoms with van der Waals surface area (Å²) in [6.45, 7) is 5.89. The average Bonchev–Trinajstić information content (AvgIpc) is 3.35. The first-order chi connectivity index (χ1) is 13.9. The van der Waals surface area contributed by atoms with Gasteiger partial charge >= 0.3 is 0 Å². The van der Waals surface area contributed by atoms with Crippen LogP contribution in [0, 0.1) is 26.6 Å². The van der Waals surface area contributed by atoms with Gasteiger partial charge in [-0.25, -0.2) is 14.1 Å². The maximum atomic E-state index is 13.2. The fourth-order valence-corrected chi connectivity index (χ4v) is 4.11. The van der Waals surface area contributed by atoms with Crippen molar-refractivity contribution >= 4 is 23.1 Å². The van der Waals surface area contributed by atoms with E-state index in [0.29, 0.717) is 17.2 Å². The number of rotatable bonds is 5. The number of anilines is 1. The van der Waals surface area contributed by atoms with Gasteiger partial charge in [-0.05, 0) is 57.2 Å². The summed E-state index contributed by atoms with van der Waals surface area (Å²) in [5.41, 5.74) is 4.33. The van der Waals surface area contributed by atoms with Gasteiger partial charge in [0.05, 0.1) is 23.5 Å². The molecule has 0 radical (unpaired) electrons. The number of carbonyl (C=O) groups excluding carboxylic acids is 1. The molecule has 0 aliphatic carbocycles. The van der Waals surface area contributed by atoms with Gasteiger partial charge in [0, 0.05) is 22.8 Å². The number of benzene rings is 1. The van der Waals surface area contributed by atoms with E-state index in [4.69, 9.17) is 0 Å². The largest absolute Gasteiger partial charge is 0.310 e. The van der Waals surface area contributed by atoms with E-state index >= 15 is 0 Å². The number of halogens is 1. The van der Waals surface area contributed by atoms with Crippen LogP contribution in [0.4, 0.5) is 10.2 Å². The Labute approximate surface area is 171 Å². The van der Waals surface area contributed by atoms with E-state index in [1.165, 1.54) is 23.5 Å². The topological polar surface area (TPSA) is 64.7 Å². The molecule has 4 rings (SSSR count). The molecule has 0 unspecified atom stereocenters. The molecule has 0 aliphatic rings. The Morgan fingerprint density at radius 2 is 1.79 bits per heavy atom. The maximum absolute atomic E-state index is 13.2. The van der Waals surface area contributed by atoms with Crippen molar-refractivity contribution < 1.29 is 9.18 Å². The van der Waals surface area contributed by atoms with Gasteiger partial charge in [0.15, 0.2) is 5.13 Å². The van der Waals surface area contributed by atoms with Crippen LogP contribution in [0.3, 0.4) is 0 Å². The van der Waals surface area contributed by atoms with Gasteiger partial charge in [-0.3, -0.25) is 9.36 Å². The van der Waals surface area contributed by atoms with E-state index in [0.717, 1.165) is 22.2 Å². The zero-order valence-corrected chi connectivity index (χ0v) is 17.1. The van der Waals surface area contributed by atoms with Gasteiger partial charge in [0.1, 0.15) is 11.6 Å². The van der Waals surface area contributed by atoms with E-state index in [-0.39, 0.29) is 18.1 Å². The van der Waals surface area contributed by atoms with E-state index < -0.39 is 0 Å². The molecule has 0 spiro atoms. The summed E-state index contributed by atoms with van der Waals surface area (Å²) >= 11 is 1.51. The second-order valence-electron chi connectivity index (χ2n) is 6.86. The predicted octanol–water partition coefficient (Wildman–Crippen LogP) is 4.37. The normalized spacial score (nSPS) is 11.0. The lowest BCUT2D eigenvalue weighted by atomic mass is 10.3. The van der Waals surface area contributed by atoms with Crippen LogP contribution in [0.15, 0.2) is 47.8 Å². The molecule has 1 aromatic carbocycles. The Morgan fingerprint density at radius 1 is 1.10 bits per heavy atom. The Kier molecular flexibility index (Phi) is 5.02. The molecule has 0 saturated heterocycles. The molecule has 0 bridgehead atoms. The van der Waals surface area contributed by atoms with Crippen molar-refractivity contribution in [3.05, 3.63) is 76.4 Å². The van der Waals surface area contributed by atoms with Gasteiger partial charge in [0.2, 0.25) is 5.91 Å². The zero-order valence-electron chi connectivity index (χ0n) is 16.3. The molecule has 4 aromatic rings. The number of aryl methyl sites for hydroxylation is 3. The average molecular weight is 409 g/mol. The van der Waals surface area contributed by atoms with Gasteiger partial charge < -0.3 is 5.32 Å². The smallest absolute Gasteiger partial charge is 0.231 e. The van der Waals surface area contributed by atoms with Crippen molar-refractivity contribution in [3.63, 3.8) is 0 Å². The van der Waals surface area contributed by atoms with E-state index in [1.54, 1.807) is 22.9 Å². The Morgan fingerprint density at radius 3 is 2.48 bits per heavy atom. The monoisotopic (exact) mass is 409 g/mol. The van der Waals surface area contributed by atoms with Gasteiger partial charge in [-0.1, -0.05) is 0 Å². The minimum absolute atomic E-state index is 0.156. The van der Waals surface area contributed by atoms with Crippen LogP contribution >= 0.6 is 11.3 Å². The summed E-state index contributed by atoms with van der Waals surface area (Å²) in [4.78, 5) is 17.2. The number of amides is 1. The highest BCUT2D eigenvalue weighted by Crippen LogP contribution is 2.21. The number of carbonyl (C=O) groups is 1. The summed E-state index contributed by atoms with van der Waals surface area (Å²) in [7, 11) is 0. The summed E-state index contributed by atoms with van der Waals surface area (Å²) in [6.07, 6.45) is 0.156. The molecule has 0 atom stereocenters. The second-order valence-corrected chi connectivity index (χ2v) is 7.69. The second kappa shape index (κ2) is 7.63. The molecule has 1 amide bonds. The molecule has 6 nitrogen and oxygen atoms in total. The van der Waals surface area contributed by atoms with Crippen LogP contribution in [0.25, 0.3) is 10.8 Å². The highest BCUT2D eigenvalue weighted by molar-refractivity contribution is 7.12. The van der Waals surface area contributed by atoms with Crippen molar-refractivity contribution in [2.45, 2.75) is 27.2 Å². The Balaban J connectivity index is 1.51. The van der Waals surface area contributed by atoms with Crippen molar-refractivity contribution in [1.82, 2.24) is 19.3 Å². The van der Waals surface area contributed by atoms with Crippen LogP contribution in [0.5, 0.6) is 0 Å². The lowest BCUT2D eigenvalue weighted by Crippen LogP contribution is -2.17. The van der Waals surface area contributed by atoms with Crippen LogP contribution in [0.2, 0.25) is 0 Å². The predicted molar refractivity (Wildman–Crippen MR) is 112 cm³/mol. The zero-order chi connectivity index (χ0) is 20.5. The molecule has 0 aliphatic heterocycles. The number of hydrogen-bond donors (Lipinski definition) is 1. The maximum Gasteiger partial charge on any atom is 0.231 e. The molecule has 3 aromatic heterocycles. The van der Waals surface area contributed by atoms with Gasteiger partial charge in [-0.15, -0.1) is 11.3 Å². The molecule has 8 heteroatoms. The summed E-state index contributed by atoms with van der Waals surface area (Å²) in [5.74, 6) is 0.0217. The lowest BCUT2D eigenvalue weighted by Gasteiger charge is -2.08. The minimum atomic E-state index is -0.323. The summed E-state index contributed by atoms with van der Waals surface area (Å²) in [5, 5.41) is 10.0. The third kappa shape index (κ3) is 3.97. The molecule has 0 saturated carbocycles. The highest BCUT2D eigenvalue weighted by Gasteiger charge is 2.14. The van der Waals surface area contributed by atoms with Crippen LogP contribution in [0.1, 0.15) is 22.8 Å². The lowest BCUT2D eigenvalue weighted by molar-refractivity contribution is -0.115. The Hall–Kier alpha value is -3.26. The third-order valence-electron chi connectivity index (χ3n) is 4.51. The number of nitrogens with zero attached hydrogens (tertiary/aromatic N) is 4. The van der Waals surface area contributed by atoms with Crippen molar-refractivity contribution in [1.29, 1.82) is 0 Å². The fraction of sp³-hybridized carbons (Fsp3) is 0.190. The standard InChI is InChI=1S/C21H20FN5OS/c1-13-10-19(27(25-13)18-8-6-16(22)7-9-18)24-20(28)11-17-12-29-21(23-17)26-14(2)4-5-15(26)3/h4-10,12H,11H2,1-3H3,(H,24,28). The molecular formula is C21H20FN5OS. The summed E-state index contributed by atoms with van der Waals surface area (Å²) in [6, 6.07) is 11.8. The first-order valence-corrected chi connectivity index (χ1v) is 10.0. The first kappa shape index (κ1) is 19.1. The van der Waals surface area contributed by atoms with Crippen LogP contribution in [-0.4, -0.2) is 25.2 Å². The van der Waals surface area contributed by atoms with Gasteiger partial charge in [-0.2, -0.15) is 5.10 Å². The first-order valence-electron chi connectivity index (χ1n) is 9.13. The number of hydrogen-bond acceptors (Lipinski definition) is 4. The Bertz CT molecular complexity index is 1150. The highest BCUT2D eigenvalue weighted by atomic mass is 32.1. The number of aromatic nitrogens is 4. The SMILES string of the molecule is Cc1cc(NC(=O)Cc2csc(-n3c(C)ccc3C)n2)n(-c2ccc(F)cc2)n1. The molecule has 1 N–H and O–H groups in total. The van der Waals surface area contributed by atoms with E-state index in [9.17, 15) is 9.18 Å². The van der Waals surface area contributed by atoms with Crippen molar-refractivity contribution in [2.75, 3.05) is 5.32 Å². The van der Waals surface area contributed by atoms with Crippen LogP contribution in [-0.2, 0) is 11.2 Å². The minimum Gasteiger partial charge on any atom is -0.310 e. The molecule has 29 heavy (non-hydrogen) atoms. The fourth-order valence-electron chi connectivity index (χ4n) is 3.17. The molecular weight excluding hydrogens is 389 g/mol.